The Hall–Kier alpha value is -4.57. The first-order valence-electron chi connectivity index (χ1n) is 11.6. The standard InChI is InChI=1S/C27H25FN6O3/c1-16(2)34-12-23(25-26(29)32-15-33-27(25)34)18-3-5-20(6-4-18)37-22-8-19(28)7-21(9-22)36-14-17-10-30-24(13-35)31-11-17/h3-12,15-16,35H,13-14H2,1-2H3,(H2,29,32,33). The molecule has 5 rings (SSSR count). The van der Waals surface area contributed by atoms with E-state index in [0.29, 0.717) is 34.5 Å². The summed E-state index contributed by atoms with van der Waals surface area (Å²) >= 11 is 0. The number of hydrogen-bond donors (Lipinski definition) is 2. The van der Waals surface area contributed by atoms with Crippen molar-refractivity contribution in [1.29, 1.82) is 0 Å². The van der Waals surface area contributed by atoms with Crippen LogP contribution < -0.4 is 15.2 Å². The zero-order valence-corrected chi connectivity index (χ0v) is 20.3. The molecular formula is C27H25FN6O3. The van der Waals surface area contributed by atoms with Gasteiger partial charge in [0.05, 0.1) is 5.39 Å². The zero-order chi connectivity index (χ0) is 25.9. The summed E-state index contributed by atoms with van der Waals surface area (Å²) < 4.78 is 27.9. The Balaban J connectivity index is 1.34. The van der Waals surface area contributed by atoms with E-state index in [4.69, 9.17) is 20.3 Å². The summed E-state index contributed by atoms with van der Waals surface area (Å²) in [6, 6.07) is 11.8. The Morgan fingerprint density at radius 2 is 1.70 bits per heavy atom. The van der Waals surface area contributed by atoms with Gasteiger partial charge in [0.1, 0.15) is 54.1 Å². The molecule has 0 amide bonds. The number of benzene rings is 2. The van der Waals surface area contributed by atoms with Gasteiger partial charge in [-0.2, -0.15) is 0 Å². The van der Waals surface area contributed by atoms with E-state index in [1.54, 1.807) is 30.6 Å². The van der Waals surface area contributed by atoms with Crippen LogP contribution in [0.25, 0.3) is 22.2 Å². The van der Waals surface area contributed by atoms with Gasteiger partial charge >= 0.3 is 0 Å². The van der Waals surface area contributed by atoms with Crippen LogP contribution in [0, 0.1) is 5.82 Å². The summed E-state index contributed by atoms with van der Waals surface area (Å²) in [5.41, 5.74) is 9.50. The molecule has 10 heteroatoms. The smallest absolute Gasteiger partial charge is 0.153 e. The number of ether oxygens (including phenoxy) is 2. The summed E-state index contributed by atoms with van der Waals surface area (Å²) in [7, 11) is 0. The predicted octanol–water partition coefficient (Wildman–Crippen LogP) is 5.05. The lowest BCUT2D eigenvalue weighted by atomic mass is 10.1. The number of halogens is 1. The molecule has 188 valence electrons. The van der Waals surface area contributed by atoms with Crippen LogP contribution in [0.5, 0.6) is 17.2 Å². The lowest BCUT2D eigenvalue weighted by Gasteiger charge is -2.11. The highest BCUT2D eigenvalue weighted by molar-refractivity contribution is 6.00. The molecule has 0 radical (unpaired) electrons. The monoisotopic (exact) mass is 500 g/mol. The number of rotatable bonds is 8. The molecule has 0 aliphatic heterocycles. The Labute approximate surface area is 212 Å². The number of nitrogens with two attached hydrogens (primary N) is 1. The summed E-state index contributed by atoms with van der Waals surface area (Å²) in [5, 5.41) is 9.84. The highest BCUT2D eigenvalue weighted by Gasteiger charge is 2.16. The van der Waals surface area contributed by atoms with Gasteiger partial charge in [-0.25, -0.2) is 24.3 Å². The number of nitrogens with zero attached hydrogens (tertiary/aromatic N) is 5. The second kappa shape index (κ2) is 10.2. The Bertz CT molecular complexity index is 1540. The molecule has 5 aromatic rings. The van der Waals surface area contributed by atoms with Gasteiger partial charge in [-0.05, 0) is 31.5 Å². The number of nitrogen functional groups attached to an aromatic ring is 1. The first-order valence-corrected chi connectivity index (χ1v) is 11.6. The number of hydrogen-bond acceptors (Lipinski definition) is 8. The van der Waals surface area contributed by atoms with Gasteiger partial charge in [0, 0.05) is 54.0 Å². The SMILES string of the molecule is CC(C)n1cc(-c2ccc(Oc3cc(F)cc(OCc4cnc(CO)nc4)c3)cc2)c2c(N)ncnc21. The molecule has 3 aromatic heterocycles. The van der Waals surface area contributed by atoms with Gasteiger partial charge in [0.2, 0.25) is 0 Å². The van der Waals surface area contributed by atoms with Crippen LogP contribution in [0.15, 0.2) is 67.4 Å². The van der Waals surface area contributed by atoms with E-state index in [-0.39, 0.29) is 19.3 Å². The lowest BCUT2D eigenvalue weighted by molar-refractivity contribution is 0.270. The molecule has 37 heavy (non-hydrogen) atoms. The van der Waals surface area contributed by atoms with Crippen LogP contribution in [0.2, 0.25) is 0 Å². The van der Waals surface area contributed by atoms with Crippen molar-refractivity contribution in [2.24, 2.45) is 0 Å². The highest BCUT2D eigenvalue weighted by atomic mass is 19.1. The van der Waals surface area contributed by atoms with Crippen molar-refractivity contribution in [3.63, 3.8) is 0 Å². The highest BCUT2D eigenvalue weighted by Crippen LogP contribution is 2.35. The molecule has 0 atom stereocenters. The number of anilines is 1. The third-order valence-electron chi connectivity index (χ3n) is 5.75. The molecule has 0 fully saturated rings. The summed E-state index contributed by atoms with van der Waals surface area (Å²) in [6.07, 6.45) is 6.59. The van der Waals surface area contributed by atoms with Crippen LogP contribution in [-0.4, -0.2) is 29.6 Å². The predicted molar refractivity (Wildman–Crippen MR) is 137 cm³/mol. The van der Waals surface area contributed by atoms with E-state index in [0.717, 1.165) is 22.2 Å². The van der Waals surface area contributed by atoms with Crippen molar-refractivity contribution in [2.75, 3.05) is 5.73 Å². The largest absolute Gasteiger partial charge is 0.489 e. The van der Waals surface area contributed by atoms with Gasteiger partial charge in [0.25, 0.3) is 0 Å². The Morgan fingerprint density at radius 3 is 2.41 bits per heavy atom. The fourth-order valence-corrected chi connectivity index (χ4v) is 3.94. The van der Waals surface area contributed by atoms with Crippen molar-refractivity contribution in [1.82, 2.24) is 24.5 Å². The summed E-state index contributed by atoms with van der Waals surface area (Å²) in [6.45, 7) is 4.06. The number of aromatic nitrogens is 5. The van der Waals surface area contributed by atoms with Crippen LogP contribution >= 0.6 is 0 Å². The molecule has 2 aromatic carbocycles. The van der Waals surface area contributed by atoms with E-state index in [1.807, 2.05) is 18.3 Å². The average molecular weight is 501 g/mol. The van der Waals surface area contributed by atoms with Gasteiger partial charge in [-0.3, -0.25) is 0 Å². The maximum Gasteiger partial charge on any atom is 0.153 e. The van der Waals surface area contributed by atoms with Gasteiger partial charge in [-0.15, -0.1) is 0 Å². The van der Waals surface area contributed by atoms with Crippen LogP contribution in [0.1, 0.15) is 31.3 Å². The van der Waals surface area contributed by atoms with Gasteiger partial charge in [0.15, 0.2) is 5.82 Å². The summed E-state index contributed by atoms with van der Waals surface area (Å²) in [5.74, 6) is 1.37. The zero-order valence-electron chi connectivity index (χ0n) is 20.3. The molecule has 0 unspecified atom stereocenters. The molecule has 3 heterocycles. The Morgan fingerprint density at radius 1 is 0.973 bits per heavy atom. The molecule has 0 saturated carbocycles. The van der Waals surface area contributed by atoms with Gasteiger partial charge in [-0.1, -0.05) is 12.1 Å². The molecule has 0 saturated heterocycles. The topological polar surface area (TPSA) is 121 Å². The average Bonchev–Trinajstić information content (AvgIpc) is 3.29. The minimum atomic E-state index is -0.493. The quantitative estimate of drug-likeness (QED) is 0.303. The van der Waals surface area contributed by atoms with Crippen molar-refractivity contribution in [3.8, 4) is 28.4 Å². The molecular weight excluding hydrogens is 475 g/mol. The van der Waals surface area contributed by atoms with Crippen molar-refractivity contribution in [2.45, 2.75) is 33.1 Å². The molecule has 0 spiro atoms. The third kappa shape index (κ3) is 5.19. The maximum atomic E-state index is 14.3. The van der Waals surface area contributed by atoms with Crippen molar-refractivity contribution in [3.05, 3.63) is 84.6 Å². The molecule has 3 N–H and O–H groups in total. The second-order valence-corrected chi connectivity index (χ2v) is 8.70. The van der Waals surface area contributed by atoms with Crippen molar-refractivity contribution < 1.29 is 19.0 Å². The van der Waals surface area contributed by atoms with E-state index in [9.17, 15) is 4.39 Å². The lowest BCUT2D eigenvalue weighted by Crippen LogP contribution is -2.00. The molecule has 0 bridgehead atoms. The third-order valence-corrected chi connectivity index (χ3v) is 5.75. The summed E-state index contributed by atoms with van der Waals surface area (Å²) in [4.78, 5) is 16.6. The van der Waals surface area contributed by atoms with Gasteiger partial charge < -0.3 is 24.9 Å². The first kappa shape index (κ1) is 24.1. The van der Waals surface area contributed by atoms with E-state index >= 15 is 0 Å². The van der Waals surface area contributed by atoms with E-state index in [1.165, 1.54) is 18.5 Å². The fraction of sp³-hybridized carbons (Fsp3) is 0.185. The van der Waals surface area contributed by atoms with Crippen LogP contribution in [0.4, 0.5) is 10.2 Å². The number of aliphatic hydroxyl groups excluding tert-OH is 1. The minimum Gasteiger partial charge on any atom is -0.489 e. The number of fused-ring (bicyclic) bond motifs is 1. The number of aliphatic hydroxyl groups is 1. The Kier molecular flexibility index (Phi) is 6.65. The minimum absolute atomic E-state index is 0.139. The normalized spacial score (nSPS) is 11.3. The maximum absolute atomic E-state index is 14.3. The van der Waals surface area contributed by atoms with Crippen molar-refractivity contribution >= 4 is 16.9 Å². The molecule has 0 aliphatic carbocycles. The van der Waals surface area contributed by atoms with Crippen LogP contribution in [0.3, 0.4) is 0 Å². The van der Waals surface area contributed by atoms with Crippen LogP contribution in [-0.2, 0) is 13.2 Å². The first-order chi connectivity index (χ1) is 17.9. The van der Waals surface area contributed by atoms with E-state index < -0.39 is 5.82 Å². The molecule has 9 nitrogen and oxygen atoms in total. The fourth-order valence-electron chi connectivity index (χ4n) is 3.94. The van der Waals surface area contributed by atoms with E-state index in [2.05, 4.69) is 38.4 Å². The molecule has 0 aliphatic rings. The second-order valence-electron chi connectivity index (χ2n) is 8.70.